The summed E-state index contributed by atoms with van der Waals surface area (Å²) in [6.45, 7) is 0.625. The first-order valence-corrected chi connectivity index (χ1v) is 5.68. The van der Waals surface area contributed by atoms with Crippen molar-refractivity contribution in [2.45, 2.75) is 6.04 Å². The summed E-state index contributed by atoms with van der Waals surface area (Å²) in [5.74, 6) is 0.601. The van der Waals surface area contributed by atoms with E-state index in [-0.39, 0.29) is 12.0 Å². The monoisotopic (exact) mass is 245 g/mol. The van der Waals surface area contributed by atoms with Gasteiger partial charge in [0, 0.05) is 6.07 Å². The molecule has 0 aliphatic carbocycles. The molecule has 92 valence electrons. The highest BCUT2D eigenvalue weighted by molar-refractivity contribution is 5.87. The summed E-state index contributed by atoms with van der Waals surface area (Å²) in [6, 6.07) is 7.96. The van der Waals surface area contributed by atoms with Crippen molar-refractivity contribution >= 4 is 5.97 Å². The van der Waals surface area contributed by atoms with Crippen LogP contribution in [0, 0.1) is 0 Å². The molecule has 2 heterocycles. The van der Waals surface area contributed by atoms with Crippen molar-refractivity contribution in [3.05, 3.63) is 48.0 Å². The highest BCUT2D eigenvalue weighted by Crippen LogP contribution is 2.35. The van der Waals surface area contributed by atoms with Crippen LogP contribution in [0.15, 0.2) is 36.8 Å². The number of esters is 1. The molecule has 3 rings (SSSR count). The van der Waals surface area contributed by atoms with E-state index in [1.165, 1.54) is 13.3 Å². The number of hydrogen-bond donors (Lipinski definition) is 0. The van der Waals surface area contributed by atoms with Gasteiger partial charge in [0.1, 0.15) is 11.7 Å². The van der Waals surface area contributed by atoms with E-state index in [1.807, 2.05) is 28.8 Å². The molecule has 1 unspecified atom stereocenters. The lowest BCUT2D eigenvalue weighted by Crippen LogP contribution is -2.17. The molecule has 1 aliphatic rings. The van der Waals surface area contributed by atoms with Crippen molar-refractivity contribution in [3.8, 4) is 5.75 Å². The summed E-state index contributed by atoms with van der Waals surface area (Å²) < 4.78 is 11.0. The number of aliphatic hydroxyl groups is 1. The van der Waals surface area contributed by atoms with Crippen molar-refractivity contribution in [1.29, 1.82) is 0 Å². The average molecular weight is 245 g/mol. The second-order valence-corrected chi connectivity index (χ2v) is 4.09. The summed E-state index contributed by atoms with van der Waals surface area (Å²) in [5.41, 5.74) is 1.56. The fraction of sp³-hybridized carbons (Fsp3) is 0.231. The van der Waals surface area contributed by atoms with Crippen molar-refractivity contribution in [1.82, 2.24) is 9.55 Å². The number of ether oxygens (including phenoxy) is 2. The van der Waals surface area contributed by atoms with Crippen molar-refractivity contribution in [2.75, 3.05) is 13.7 Å². The third-order valence-corrected chi connectivity index (χ3v) is 3.13. The van der Waals surface area contributed by atoms with Crippen molar-refractivity contribution in [3.63, 3.8) is 0 Å². The quantitative estimate of drug-likeness (QED) is 0.595. The van der Waals surface area contributed by atoms with Crippen LogP contribution in [0.4, 0.5) is 0 Å². The van der Waals surface area contributed by atoms with E-state index in [9.17, 15) is 4.79 Å². The average Bonchev–Trinajstić information content (AvgIpc) is 3.03. The molecule has 1 aromatic carbocycles. The van der Waals surface area contributed by atoms with Gasteiger partial charge in [0.05, 0.1) is 25.2 Å². The summed E-state index contributed by atoms with van der Waals surface area (Å²) in [6.07, 6.45) is 3.17. The van der Waals surface area contributed by atoms with Gasteiger partial charge in [0.2, 0.25) is 0 Å². The van der Waals surface area contributed by atoms with Crippen molar-refractivity contribution < 1.29 is 14.3 Å². The van der Waals surface area contributed by atoms with Crippen LogP contribution in [0.1, 0.15) is 22.1 Å². The maximum absolute atomic E-state index is 11.7. The van der Waals surface area contributed by atoms with Gasteiger partial charge in [-0.2, -0.15) is 0 Å². The number of methoxy groups -OCH3 is 1. The Hall–Kier alpha value is -2.30. The number of imidazole rings is 1. The number of rotatable bonds is 2. The van der Waals surface area contributed by atoms with Crippen LogP contribution in [0.3, 0.4) is 0 Å². The van der Waals surface area contributed by atoms with E-state index in [4.69, 9.17) is 4.74 Å². The normalized spacial score (nSPS) is 17.1. The van der Waals surface area contributed by atoms with Gasteiger partial charge in [-0.3, -0.25) is 0 Å². The minimum absolute atomic E-state index is 0.0257. The summed E-state index contributed by atoms with van der Waals surface area (Å²) in [7, 11) is 1.37. The van der Waals surface area contributed by atoms with Gasteiger partial charge in [0.25, 0.3) is 5.75 Å². The molecule has 5 nitrogen and oxygen atoms in total. The lowest BCUT2D eigenvalue weighted by atomic mass is 10.1. The molecule has 0 bridgehead atoms. The second kappa shape index (κ2) is 4.18. The molecule has 0 saturated heterocycles. The second-order valence-electron chi connectivity index (χ2n) is 4.09. The smallest absolute Gasteiger partial charge is 0.356 e. The van der Waals surface area contributed by atoms with E-state index in [0.717, 1.165) is 11.3 Å². The van der Waals surface area contributed by atoms with Crippen LogP contribution in [0.2, 0.25) is 0 Å². The molecule has 2 aromatic rings. The van der Waals surface area contributed by atoms with Gasteiger partial charge in [-0.1, -0.05) is 12.1 Å². The standard InChI is InChI=1S/C13H12N2O3/c1-17-13(16)10-6-14-8-15(10)11-7-18-12-5-3-2-4-9(11)12/h2-6,8,11H,7H2,1H3/p+1. The molecule has 0 amide bonds. The van der Waals surface area contributed by atoms with E-state index < -0.39 is 0 Å². The van der Waals surface area contributed by atoms with Gasteiger partial charge < -0.3 is 14.0 Å². The Balaban J connectivity index is 2.03. The van der Waals surface area contributed by atoms with E-state index >= 15 is 0 Å². The molecule has 1 aromatic heterocycles. The molecular weight excluding hydrogens is 232 g/mol. The number of fused-ring (bicyclic) bond motifs is 1. The van der Waals surface area contributed by atoms with Gasteiger partial charge in [0.15, 0.2) is 6.61 Å². The van der Waals surface area contributed by atoms with E-state index in [2.05, 4.69) is 9.72 Å². The Bertz CT molecular complexity index is 591. The first-order valence-electron chi connectivity index (χ1n) is 5.68. The first-order chi connectivity index (χ1) is 8.81. The predicted octanol–water partition coefficient (Wildman–Crippen LogP) is 1.51. The van der Waals surface area contributed by atoms with E-state index in [0.29, 0.717) is 12.3 Å². The SMILES string of the molecule is COC(=O)c1cncn1C1C[OH+]c2ccccc21. The van der Waals surface area contributed by atoms with Gasteiger partial charge >= 0.3 is 5.97 Å². The Morgan fingerprint density at radius 3 is 3.17 bits per heavy atom. The highest BCUT2D eigenvalue weighted by Gasteiger charge is 2.32. The number of carbonyl (C=O) groups excluding carboxylic acids is 1. The summed E-state index contributed by atoms with van der Waals surface area (Å²) in [5, 5.41) is 0. The number of benzene rings is 1. The van der Waals surface area contributed by atoms with Crippen LogP contribution in [-0.2, 0) is 4.74 Å². The molecular formula is C13H13N2O3+. The van der Waals surface area contributed by atoms with Gasteiger partial charge in [-0.25, -0.2) is 9.78 Å². The number of hydrogen-bond acceptors (Lipinski definition) is 3. The Morgan fingerprint density at radius 1 is 1.50 bits per heavy atom. The number of aromatic hydroxyl groups is 1. The highest BCUT2D eigenvalue weighted by atomic mass is 16.5. The maximum Gasteiger partial charge on any atom is 0.356 e. The minimum Gasteiger partial charge on any atom is -0.581 e. The molecule has 0 spiro atoms. The Labute approximate surface area is 104 Å². The Kier molecular flexibility index (Phi) is 2.51. The lowest BCUT2D eigenvalue weighted by molar-refractivity contribution is 0.0572. The molecule has 1 atom stereocenters. The van der Waals surface area contributed by atoms with E-state index in [1.54, 1.807) is 6.33 Å². The lowest BCUT2D eigenvalue weighted by Gasteiger charge is -2.10. The van der Waals surface area contributed by atoms with Gasteiger partial charge in [-0.15, -0.1) is 0 Å². The summed E-state index contributed by atoms with van der Waals surface area (Å²) >= 11 is 0. The zero-order valence-corrected chi connectivity index (χ0v) is 9.91. The molecule has 1 aliphatic heterocycles. The van der Waals surface area contributed by atoms with Crippen LogP contribution in [0.25, 0.3) is 0 Å². The van der Waals surface area contributed by atoms with Crippen LogP contribution in [0.5, 0.6) is 5.75 Å². The minimum atomic E-state index is -0.378. The Morgan fingerprint density at radius 2 is 2.33 bits per heavy atom. The fourth-order valence-electron chi connectivity index (χ4n) is 2.25. The van der Waals surface area contributed by atoms with Gasteiger partial charge in [-0.05, 0) is 6.07 Å². The molecule has 0 radical (unpaired) electrons. The number of aromatic nitrogens is 2. The first kappa shape index (κ1) is 10.8. The molecule has 18 heavy (non-hydrogen) atoms. The molecule has 1 N–H and O–H groups in total. The number of para-hydroxylation sites is 1. The third kappa shape index (κ3) is 1.55. The predicted molar refractivity (Wildman–Crippen MR) is 64.7 cm³/mol. The number of nitrogens with zero attached hydrogens (tertiary/aromatic N) is 2. The van der Waals surface area contributed by atoms with Crippen molar-refractivity contribution in [2.24, 2.45) is 0 Å². The largest absolute Gasteiger partial charge is 0.581 e. The zero-order chi connectivity index (χ0) is 12.5. The topological polar surface area (TPSA) is 56.9 Å². The fourth-order valence-corrected chi connectivity index (χ4v) is 2.25. The zero-order valence-electron chi connectivity index (χ0n) is 9.91. The summed E-state index contributed by atoms with van der Waals surface area (Å²) in [4.78, 5) is 15.7. The molecule has 5 heteroatoms. The molecule has 0 saturated carbocycles. The van der Waals surface area contributed by atoms with Crippen LogP contribution < -0.4 is 0 Å². The van der Waals surface area contributed by atoms with Crippen LogP contribution >= 0.6 is 0 Å². The van der Waals surface area contributed by atoms with Crippen LogP contribution in [-0.4, -0.2) is 34.0 Å². The maximum atomic E-state index is 11.7. The molecule has 0 fully saturated rings. The third-order valence-electron chi connectivity index (χ3n) is 3.13. The number of carbonyl (C=O) groups is 1.